The molecule has 2 rings (SSSR count). The number of aromatic nitrogens is 1. The normalized spacial score (nSPS) is 23.1. The fourth-order valence-electron chi connectivity index (χ4n) is 2.77. The summed E-state index contributed by atoms with van der Waals surface area (Å²) in [5, 5.41) is 2.94. The molecule has 4 nitrogen and oxygen atoms in total. The van der Waals surface area contributed by atoms with E-state index in [1.807, 2.05) is 0 Å². The maximum Gasteiger partial charge on any atom is 0.254 e. The lowest BCUT2D eigenvalue weighted by Gasteiger charge is -2.31. The number of rotatable bonds is 3. The van der Waals surface area contributed by atoms with Crippen molar-refractivity contribution < 1.29 is 9.18 Å². The van der Waals surface area contributed by atoms with E-state index in [2.05, 4.69) is 17.2 Å². The third kappa shape index (κ3) is 3.03. The number of carbonyl (C=O) groups excluding carboxylic acids is 1. The smallest absolute Gasteiger partial charge is 0.254 e. The minimum atomic E-state index is -0.733. The van der Waals surface area contributed by atoms with Crippen molar-refractivity contribution in [2.24, 2.45) is 5.92 Å². The van der Waals surface area contributed by atoms with Crippen molar-refractivity contribution in [2.75, 3.05) is 5.73 Å². The lowest BCUT2D eigenvalue weighted by molar-refractivity contribution is 0.0900. The number of nitrogens with zero attached hydrogens (tertiary/aromatic N) is 1. The lowest BCUT2D eigenvalue weighted by atomic mass is 9.83. The molecule has 2 unspecified atom stereocenters. The number of carbonyl (C=O) groups is 1. The van der Waals surface area contributed by atoms with Gasteiger partial charge in [0.15, 0.2) is 11.6 Å². The van der Waals surface area contributed by atoms with Crippen LogP contribution < -0.4 is 11.1 Å². The molecule has 1 aliphatic carbocycles. The van der Waals surface area contributed by atoms with Gasteiger partial charge >= 0.3 is 0 Å². The number of pyridine rings is 1. The highest BCUT2D eigenvalue weighted by Crippen LogP contribution is 2.27. The van der Waals surface area contributed by atoms with Crippen LogP contribution in [-0.4, -0.2) is 16.9 Å². The molecule has 3 N–H and O–H groups in total. The zero-order chi connectivity index (χ0) is 13.8. The fourth-order valence-corrected chi connectivity index (χ4v) is 2.77. The van der Waals surface area contributed by atoms with E-state index in [1.165, 1.54) is 18.7 Å². The summed E-state index contributed by atoms with van der Waals surface area (Å²) in [6.45, 7) is 2.13. The van der Waals surface area contributed by atoms with E-state index in [-0.39, 0.29) is 17.4 Å². The van der Waals surface area contributed by atoms with Gasteiger partial charge in [-0.2, -0.15) is 0 Å². The van der Waals surface area contributed by atoms with Crippen LogP contribution in [0.1, 0.15) is 49.4 Å². The molecule has 0 aliphatic heterocycles. The van der Waals surface area contributed by atoms with Gasteiger partial charge in [0.1, 0.15) is 0 Å². The number of nitrogen functional groups attached to an aromatic ring is 1. The van der Waals surface area contributed by atoms with Crippen LogP contribution in [-0.2, 0) is 0 Å². The van der Waals surface area contributed by atoms with Crippen LogP contribution in [0.25, 0.3) is 0 Å². The van der Waals surface area contributed by atoms with Crippen molar-refractivity contribution in [1.29, 1.82) is 0 Å². The van der Waals surface area contributed by atoms with Crippen LogP contribution in [0.4, 0.5) is 10.2 Å². The molecule has 0 bridgehead atoms. The molecule has 1 aromatic heterocycles. The second kappa shape index (κ2) is 5.99. The van der Waals surface area contributed by atoms with E-state index in [1.54, 1.807) is 0 Å². The average molecular weight is 265 g/mol. The predicted molar refractivity (Wildman–Crippen MR) is 72.1 cm³/mol. The summed E-state index contributed by atoms with van der Waals surface area (Å²) in [6, 6.07) is 1.50. The second-order valence-electron chi connectivity index (χ2n) is 5.09. The largest absolute Gasteiger partial charge is 0.381 e. The predicted octanol–water partition coefficient (Wildman–Crippen LogP) is 2.50. The molecular weight excluding hydrogens is 245 g/mol. The maximum atomic E-state index is 13.7. The summed E-state index contributed by atoms with van der Waals surface area (Å²) in [5.41, 5.74) is 5.36. The van der Waals surface area contributed by atoms with Gasteiger partial charge in [-0.1, -0.05) is 26.2 Å². The zero-order valence-electron chi connectivity index (χ0n) is 11.2. The third-order valence-corrected chi connectivity index (χ3v) is 3.91. The van der Waals surface area contributed by atoms with Crippen molar-refractivity contribution in [3.05, 3.63) is 23.6 Å². The molecule has 0 radical (unpaired) electrons. The molecule has 1 fully saturated rings. The number of halogens is 1. The summed E-state index contributed by atoms with van der Waals surface area (Å²) in [5.74, 6) is -0.871. The zero-order valence-corrected chi connectivity index (χ0v) is 11.2. The first-order chi connectivity index (χ1) is 9.13. The molecule has 1 aliphatic rings. The van der Waals surface area contributed by atoms with Crippen LogP contribution in [0.3, 0.4) is 0 Å². The molecule has 5 heteroatoms. The third-order valence-electron chi connectivity index (χ3n) is 3.91. The molecule has 1 saturated carbocycles. The summed E-state index contributed by atoms with van der Waals surface area (Å²) in [4.78, 5) is 15.7. The topological polar surface area (TPSA) is 68.0 Å². The van der Waals surface area contributed by atoms with E-state index in [4.69, 9.17) is 5.73 Å². The Balaban J connectivity index is 2.09. The minimum Gasteiger partial charge on any atom is -0.381 e. The molecule has 1 amide bonds. The first kappa shape index (κ1) is 13.8. The Morgan fingerprint density at radius 1 is 1.53 bits per heavy atom. The Morgan fingerprint density at radius 3 is 3.00 bits per heavy atom. The van der Waals surface area contributed by atoms with Crippen molar-refractivity contribution >= 4 is 11.7 Å². The molecule has 104 valence electrons. The summed E-state index contributed by atoms with van der Waals surface area (Å²) in [6.07, 6.45) is 6.80. The van der Waals surface area contributed by atoms with E-state index in [0.29, 0.717) is 5.92 Å². The van der Waals surface area contributed by atoms with Gasteiger partial charge in [-0.15, -0.1) is 0 Å². The lowest BCUT2D eigenvalue weighted by Crippen LogP contribution is -2.42. The highest BCUT2D eigenvalue weighted by atomic mass is 19.1. The van der Waals surface area contributed by atoms with Gasteiger partial charge in [0.2, 0.25) is 0 Å². The SMILES string of the molecule is CCC1CCCCC1NC(=O)c1ccnc(N)c1F. The number of amides is 1. The van der Waals surface area contributed by atoms with Gasteiger partial charge < -0.3 is 11.1 Å². The Morgan fingerprint density at radius 2 is 2.26 bits per heavy atom. The maximum absolute atomic E-state index is 13.7. The van der Waals surface area contributed by atoms with E-state index in [9.17, 15) is 9.18 Å². The van der Waals surface area contributed by atoms with Crippen molar-refractivity contribution in [3.8, 4) is 0 Å². The van der Waals surface area contributed by atoms with Crippen LogP contribution in [0.15, 0.2) is 12.3 Å². The van der Waals surface area contributed by atoms with E-state index < -0.39 is 11.7 Å². The molecule has 0 aromatic carbocycles. The molecule has 2 atom stereocenters. The summed E-state index contributed by atoms with van der Waals surface area (Å²) in [7, 11) is 0. The number of nitrogens with two attached hydrogens (primary N) is 1. The quantitative estimate of drug-likeness (QED) is 0.882. The fraction of sp³-hybridized carbons (Fsp3) is 0.571. The Hall–Kier alpha value is -1.65. The molecule has 1 aromatic rings. The first-order valence-electron chi connectivity index (χ1n) is 6.84. The molecule has 0 spiro atoms. The molecule has 1 heterocycles. The summed E-state index contributed by atoms with van der Waals surface area (Å²) < 4.78 is 13.7. The Labute approximate surface area is 112 Å². The van der Waals surface area contributed by atoms with E-state index >= 15 is 0 Å². The standard InChI is InChI=1S/C14H20FN3O/c1-2-9-5-3-4-6-11(9)18-14(19)10-7-8-17-13(16)12(10)15/h7-9,11H,2-6H2,1H3,(H2,16,17)(H,18,19). The van der Waals surface area contributed by atoms with Crippen LogP contribution in [0, 0.1) is 11.7 Å². The Kier molecular flexibility index (Phi) is 4.35. The average Bonchev–Trinajstić information content (AvgIpc) is 2.42. The van der Waals surface area contributed by atoms with Gasteiger partial charge in [-0.3, -0.25) is 4.79 Å². The van der Waals surface area contributed by atoms with Gasteiger partial charge in [-0.25, -0.2) is 9.37 Å². The monoisotopic (exact) mass is 265 g/mol. The molecular formula is C14H20FN3O. The highest BCUT2D eigenvalue weighted by molar-refractivity contribution is 5.95. The number of anilines is 1. The van der Waals surface area contributed by atoms with Gasteiger partial charge in [0.05, 0.1) is 5.56 Å². The molecule has 0 saturated heterocycles. The van der Waals surface area contributed by atoms with Gasteiger partial charge in [-0.05, 0) is 24.8 Å². The minimum absolute atomic E-state index is 0.0204. The van der Waals surface area contributed by atoms with Crippen molar-refractivity contribution in [1.82, 2.24) is 10.3 Å². The van der Waals surface area contributed by atoms with Crippen LogP contribution >= 0.6 is 0 Å². The first-order valence-corrected chi connectivity index (χ1v) is 6.84. The number of hydrogen-bond donors (Lipinski definition) is 2. The summed E-state index contributed by atoms with van der Waals surface area (Å²) >= 11 is 0. The van der Waals surface area contributed by atoms with E-state index in [0.717, 1.165) is 25.7 Å². The van der Waals surface area contributed by atoms with Crippen LogP contribution in [0.2, 0.25) is 0 Å². The van der Waals surface area contributed by atoms with Crippen molar-refractivity contribution in [3.63, 3.8) is 0 Å². The Bertz CT molecular complexity index is 464. The highest BCUT2D eigenvalue weighted by Gasteiger charge is 2.26. The van der Waals surface area contributed by atoms with Gasteiger partial charge in [0, 0.05) is 12.2 Å². The number of hydrogen-bond acceptors (Lipinski definition) is 3. The van der Waals surface area contributed by atoms with Gasteiger partial charge in [0.25, 0.3) is 5.91 Å². The number of nitrogens with one attached hydrogen (secondary N) is 1. The van der Waals surface area contributed by atoms with Crippen LogP contribution in [0.5, 0.6) is 0 Å². The molecule has 19 heavy (non-hydrogen) atoms. The van der Waals surface area contributed by atoms with Crippen molar-refractivity contribution in [2.45, 2.75) is 45.1 Å². The second-order valence-corrected chi connectivity index (χ2v) is 5.09.